The highest BCUT2D eigenvalue weighted by Crippen LogP contribution is 2.25. The Kier molecular flexibility index (Phi) is 13.9. The van der Waals surface area contributed by atoms with E-state index in [1.54, 1.807) is 18.5 Å². The van der Waals surface area contributed by atoms with Crippen molar-refractivity contribution >= 4 is 56.5 Å². The molecule has 1 aromatic rings. The van der Waals surface area contributed by atoms with Gasteiger partial charge in [-0.15, -0.1) is 9.24 Å². The van der Waals surface area contributed by atoms with Gasteiger partial charge in [0.1, 0.15) is 12.0 Å². The first-order chi connectivity index (χ1) is 21.2. The summed E-state index contributed by atoms with van der Waals surface area (Å²) in [7, 11) is 2.45. The number of carbonyl (C=O) groups excluding carboxylic acids is 2. The Morgan fingerprint density at radius 3 is 2.77 bits per heavy atom. The second-order valence-electron chi connectivity index (χ2n) is 10.1. The molecule has 44 heavy (non-hydrogen) atoms. The van der Waals surface area contributed by atoms with E-state index in [4.69, 9.17) is 16.6 Å². The van der Waals surface area contributed by atoms with Gasteiger partial charge in [0.05, 0.1) is 23.3 Å². The van der Waals surface area contributed by atoms with Crippen molar-refractivity contribution in [2.24, 2.45) is 15.0 Å². The van der Waals surface area contributed by atoms with Crippen LogP contribution in [0.1, 0.15) is 52.0 Å². The van der Waals surface area contributed by atoms with E-state index in [2.05, 4.69) is 42.1 Å². The number of urea groups is 1. The third-order valence-corrected chi connectivity index (χ3v) is 7.77. The van der Waals surface area contributed by atoms with E-state index in [9.17, 15) is 19.1 Å². The van der Waals surface area contributed by atoms with Gasteiger partial charge in [-0.25, -0.2) is 9.18 Å². The molecular weight excluding hydrogens is 604 g/mol. The first kappa shape index (κ1) is 34.8. The molecule has 10 nitrogen and oxygen atoms in total. The number of allylic oxidation sites excluding steroid dienone is 6. The normalized spacial score (nSPS) is 18.9. The average Bonchev–Trinajstić information content (AvgIpc) is 3.01. The number of rotatable bonds is 12. The molecule has 0 saturated carbocycles. The number of aliphatic hydroxyl groups is 1. The van der Waals surface area contributed by atoms with Crippen molar-refractivity contribution in [1.29, 1.82) is 0 Å². The lowest BCUT2D eigenvalue weighted by Crippen LogP contribution is -2.43. The monoisotopic (exact) mass is 643 g/mol. The summed E-state index contributed by atoms with van der Waals surface area (Å²) >= 11 is 6.04. The van der Waals surface area contributed by atoms with Crippen LogP contribution in [-0.2, 0) is 11.3 Å². The average molecular weight is 644 g/mol. The highest BCUT2D eigenvalue weighted by atomic mass is 35.5. The molecule has 3 rings (SSSR count). The van der Waals surface area contributed by atoms with E-state index in [1.165, 1.54) is 17.0 Å². The molecule has 236 valence electrons. The van der Waals surface area contributed by atoms with E-state index in [0.29, 0.717) is 35.8 Å². The van der Waals surface area contributed by atoms with Crippen LogP contribution in [0.25, 0.3) is 0 Å². The van der Waals surface area contributed by atoms with Gasteiger partial charge in [-0.1, -0.05) is 37.9 Å². The topological polar surface area (TPSA) is 131 Å². The minimum Gasteiger partial charge on any atom is -0.396 e. The van der Waals surface area contributed by atoms with Crippen LogP contribution in [0.2, 0.25) is 5.02 Å². The van der Waals surface area contributed by atoms with Crippen molar-refractivity contribution in [2.75, 3.05) is 13.2 Å². The summed E-state index contributed by atoms with van der Waals surface area (Å²) in [5.41, 5.74) is 3.88. The summed E-state index contributed by atoms with van der Waals surface area (Å²) in [5, 5.41) is 18.6. The fourth-order valence-corrected chi connectivity index (χ4v) is 5.11. The lowest BCUT2D eigenvalue weighted by molar-refractivity contribution is -0.108. The summed E-state index contributed by atoms with van der Waals surface area (Å²) < 4.78 is 14.0. The lowest BCUT2D eigenvalue weighted by atomic mass is 9.94. The van der Waals surface area contributed by atoms with Crippen LogP contribution in [0.3, 0.4) is 0 Å². The number of guanidine groups is 1. The van der Waals surface area contributed by atoms with E-state index in [1.807, 2.05) is 32.1 Å². The van der Waals surface area contributed by atoms with Crippen molar-refractivity contribution in [3.8, 4) is 0 Å². The standard InChI is InChI=1S/C31H40ClFN7O3P/c1-4-8-21-15-26(37-23(6-3)9-12-41)20(5-2)14-27(21)38-30(36-19-42)39-31(43)40(18-29-34-10-7-11-35-29)17-22-13-24(32)25(33)16-28(22)44/h5,7,10-11,13-16,19,23,29,34,41H,4,6,8-9,12,17-18,44H2,1-3H3,(H2,36,38,39,42,43)/b20-5-,37-26-. The molecule has 0 fully saturated rings. The minimum atomic E-state index is -0.654. The molecule has 3 amide bonds. The number of nitrogens with one attached hydrogen (secondary N) is 3. The molecule has 1 aliphatic heterocycles. The number of benzene rings is 1. The van der Waals surface area contributed by atoms with Crippen LogP contribution in [0.15, 0.2) is 74.5 Å². The quantitative estimate of drug-likeness (QED) is 0.117. The van der Waals surface area contributed by atoms with Crippen LogP contribution in [0.4, 0.5) is 9.18 Å². The molecule has 1 aromatic carbocycles. The Morgan fingerprint density at radius 1 is 1.34 bits per heavy atom. The zero-order valence-electron chi connectivity index (χ0n) is 25.2. The first-order valence-corrected chi connectivity index (χ1v) is 15.5. The molecule has 2 aliphatic rings. The maximum atomic E-state index is 14.0. The summed E-state index contributed by atoms with van der Waals surface area (Å²) in [6.07, 6.45) is 13.9. The second-order valence-corrected chi connectivity index (χ2v) is 11.2. The summed E-state index contributed by atoms with van der Waals surface area (Å²) in [6.45, 7) is 6.25. The van der Waals surface area contributed by atoms with E-state index >= 15 is 0 Å². The molecule has 1 heterocycles. The third-order valence-electron chi connectivity index (χ3n) is 6.94. The molecule has 13 heteroatoms. The van der Waals surface area contributed by atoms with Crippen molar-refractivity contribution < 1.29 is 19.1 Å². The smallest absolute Gasteiger partial charge is 0.347 e. The Hall–Kier alpha value is -3.66. The van der Waals surface area contributed by atoms with Crippen molar-refractivity contribution in [3.05, 3.63) is 75.9 Å². The predicted molar refractivity (Wildman–Crippen MR) is 179 cm³/mol. The molecule has 0 spiro atoms. The van der Waals surface area contributed by atoms with Crippen LogP contribution in [0.5, 0.6) is 0 Å². The van der Waals surface area contributed by atoms with Crippen molar-refractivity contribution in [3.63, 3.8) is 0 Å². The molecular formula is C31H40ClFN7O3P. The van der Waals surface area contributed by atoms with Gasteiger partial charge in [0.25, 0.3) is 0 Å². The molecule has 0 bridgehead atoms. The Bertz CT molecular complexity index is 1420. The van der Waals surface area contributed by atoms with E-state index < -0.39 is 18.0 Å². The molecule has 1 aliphatic carbocycles. The number of hydrogen-bond donors (Lipinski definition) is 4. The SMILES string of the molecule is C/C=C1/C=C(N/C(=N/C(=O)N(Cc2cc(Cl)c(F)cc2P)CC2N=CC=CN2)NC=O)C(CCC)=C/C1=N/C(CC)CCO. The Morgan fingerprint density at radius 2 is 2.14 bits per heavy atom. The summed E-state index contributed by atoms with van der Waals surface area (Å²) in [5.74, 6) is -0.625. The molecule has 3 atom stereocenters. The maximum Gasteiger partial charge on any atom is 0.347 e. The zero-order chi connectivity index (χ0) is 32.1. The van der Waals surface area contributed by atoms with Crippen LogP contribution >= 0.6 is 20.8 Å². The van der Waals surface area contributed by atoms with E-state index in [0.717, 1.165) is 29.7 Å². The van der Waals surface area contributed by atoms with Crippen LogP contribution in [0, 0.1) is 5.82 Å². The number of amides is 3. The highest BCUT2D eigenvalue weighted by Gasteiger charge is 2.23. The largest absolute Gasteiger partial charge is 0.396 e. The predicted octanol–water partition coefficient (Wildman–Crippen LogP) is 4.28. The molecule has 0 saturated heterocycles. The Balaban J connectivity index is 1.95. The van der Waals surface area contributed by atoms with Gasteiger partial charge in [-0.3, -0.25) is 20.1 Å². The number of hydrogen-bond acceptors (Lipinski definition) is 6. The third kappa shape index (κ3) is 9.94. The molecule has 0 radical (unpaired) electrons. The fourth-order valence-electron chi connectivity index (χ4n) is 4.61. The van der Waals surface area contributed by atoms with Gasteiger partial charge >= 0.3 is 6.03 Å². The van der Waals surface area contributed by atoms with Gasteiger partial charge in [-0.2, -0.15) is 4.99 Å². The second kappa shape index (κ2) is 17.6. The van der Waals surface area contributed by atoms with Gasteiger partial charge in [0.15, 0.2) is 0 Å². The number of nitrogens with zero attached hydrogens (tertiary/aromatic N) is 4. The molecule has 3 unspecified atom stereocenters. The maximum absolute atomic E-state index is 14.0. The minimum absolute atomic E-state index is 0.0130. The summed E-state index contributed by atoms with van der Waals surface area (Å²) in [4.78, 5) is 40.2. The number of carbonyl (C=O) groups is 2. The number of aliphatic hydroxyl groups excluding tert-OH is 1. The van der Waals surface area contributed by atoms with Gasteiger partial charge in [0.2, 0.25) is 12.4 Å². The number of aliphatic imine (C=N–C) groups is 3. The van der Waals surface area contributed by atoms with Gasteiger partial charge in [-0.05, 0) is 84.8 Å². The Labute approximate surface area is 265 Å². The molecule has 4 N–H and O–H groups in total. The van der Waals surface area contributed by atoms with Crippen LogP contribution < -0.4 is 21.3 Å². The fraction of sp³-hybridized carbons (Fsp3) is 0.387. The van der Waals surface area contributed by atoms with Crippen molar-refractivity contribution in [1.82, 2.24) is 20.9 Å². The lowest BCUT2D eigenvalue weighted by Gasteiger charge is -2.26. The van der Waals surface area contributed by atoms with Gasteiger partial charge < -0.3 is 20.6 Å². The number of halogens is 2. The van der Waals surface area contributed by atoms with Crippen LogP contribution in [-0.4, -0.2) is 65.7 Å². The van der Waals surface area contributed by atoms with E-state index in [-0.39, 0.29) is 36.7 Å². The highest BCUT2D eigenvalue weighted by molar-refractivity contribution is 7.27. The van der Waals surface area contributed by atoms with Crippen molar-refractivity contribution in [2.45, 2.75) is 65.2 Å². The summed E-state index contributed by atoms with van der Waals surface area (Å²) in [6, 6.07) is 2.09. The van der Waals surface area contributed by atoms with Gasteiger partial charge in [0, 0.05) is 25.1 Å². The molecule has 0 aromatic heterocycles. The first-order valence-electron chi connectivity index (χ1n) is 14.5. The zero-order valence-corrected chi connectivity index (χ0v) is 27.1.